The molecule has 1 unspecified atom stereocenters. The van der Waals surface area contributed by atoms with Gasteiger partial charge in [-0.1, -0.05) is 29.3 Å². The standard InChI is InChI=1S/C16H24BrNO2/c1-3-12(8-9-18)4-5-14(19)10-13-11-15(20-2)6-7-16(13)17/h6-7,11-12H,3-5,8-10,18H2,1-2H3. The molecule has 20 heavy (non-hydrogen) atoms. The van der Waals surface area contributed by atoms with Gasteiger partial charge in [0.05, 0.1) is 7.11 Å². The monoisotopic (exact) mass is 341 g/mol. The molecule has 112 valence electrons. The molecule has 1 atom stereocenters. The van der Waals surface area contributed by atoms with Crippen molar-refractivity contribution in [3.63, 3.8) is 0 Å². The van der Waals surface area contributed by atoms with E-state index in [1.165, 1.54) is 0 Å². The Morgan fingerprint density at radius 1 is 1.40 bits per heavy atom. The zero-order valence-corrected chi connectivity index (χ0v) is 13.9. The Bertz CT molecular complexity index is 434. The lowest BCUT2D eigenvalue weighted by Crippen LogP contribution is -2.11. The van der Waals surface area contributed by atoms with Crippen molar-refractivity contribution in [3.8, 4) is 5.75 Å². The number of nitrogens with two attached hydrogens (primary N) is 1. The van der Waals surface area contributed by atoms with Crippen molar-refractivity contribution >= 4 is 21.7 Å². The van der Waals surface area contributed by atoms with Gasteiger partial charge in [0.1, 0.15) is 11.5 Å². The zero-order valence-electron chi connectivity index (χ0n) is 12.3. The highest BCUT2D eigenvalue weighted by Gasteiger charge is 2.11. The second kappa shape index (κ2) is 9.14. The molecule has 3 nitrogen and oxygen atoms in total. The molecule has 0 aliphatic carbocycles. The summed E-state index contributed by atoms with van der Waals surface area (Å²) in [4.78, 5) is 12.1. The highest BCUT2D eigenvalue weighted by atomic mass is 79.9. The summed E-state index contributed by atoms with van der Waals surface area (Å²) in [6.45, 7) is 2.86. The van der Waals surface area contributed by atoms with E-state index in [1.54, 1.807) is 7.11 Å². The average Bonchev–Trinajstić information content (AvgIpc) is 2.45. The number of rotatable bonds is 9. The smallest absolute Gasteiger partial charge is 0.137 e. The van der Waals surface area contributed by atoms with Crippen LogP contribution in [-0.4, -0.2) is 19.4 Å². The summed E-state index contributed by atoms with van der Waals surface area (Å²) < 4.78 is 6.15. The first-order valence-electron chi connectivity index (χ1n) is 7.14. The van der Waals surface area contributed by atoms with Crippen molar-refractivity contribution in [2.24, 2.45) is 11.7 Å². The number of ether oxygens (including phenoxy) is 1. The molecule has 0 bridgehead atoms. The van der Waals surface area contributed by atoms with Crippen LogP contribution in [0.25, 0.3) is 0 Å². The van der Waals surface area contributed by atoms with Crippen LogP contribution >= 0.6 is 15.9 Å². The second-order valence-corrected chi connectivity index (χ2v) is 5.92. The van der Waals surface area contributed by atoms with Crippen molar-refractivity contribution in [1.29, 1.82) is 0 Å². The topological polar surface area (TPSA) is 52.3 Å². The van der Waals surface area contributed by atoms with Gasteiger partial charge in [0.15, 0.2) is 0 Å². The lowest BCUT2D eigenvalue weighted by molar-refractivity contribution is -0.118. The maximum atomic E-state index is 12.1. The number of Topliss-reactive ketones (excluding diaryl/α,β-unsaturated/α-hetero) is 1. The minimum absolute atomic E-state index is 0.273. The van der Waals surface area contributed by atoms with Crippen LogP contribution in [0.1, 0.15) is 38.2 Å². The normalized spacial score (nSPS) is 12.2. The number of methoxy groups -OCH3 is 1. The third kappa shape index (κ3) is 5.63. The average molecular weight is 342 g/mol. The van der Waals surface area contributed by atoms with Gasteiger partial charge in [-0.15, -0.1) is 0 Å². The van der Waals surface area contributed by atoms with Crippen LogP contribution in [0.2, 0.25) is 0 Å². The van der Waals surface area contributed by atoms with Gasteiger partial charge < -0.3 is 10.5 Å². The van der Waals surface area contributed by atoms with Crippen LogP contribution in [0, 0.1) is 5.92 Å². The molecule has 0 heterocycles. The maximum absolute atomic E-state index is 12.1. The van der Waals surface area contributed by atoms with Gasteiger partial charge in [0.2, 0.25) is 0 Å². The molecule has 2 N–H and O–H groups in total. The third-order valence-corrected chi connectivity index (χ3v) is 4.40. The van der Waals surface area contributed by atoms with Crippen molar-refractivity contribution in [3.05, 3.63) is 28.2 Å². The number of hydrogen-bond acceptors (Lipinski definition) is 3. The van der Waals surface area contributed by atoms with Crippen LogP contribution in [0.4, 0.5) is 0 Å². The van der Waals surface area contributed by atoms with E-state index < -0.39 is 0 Å². The van der Waals surface area contributed by atoms with Crippen molar-refractivity contribution < 1.29 is 9.53 Å². The van der Waals surface area contributed by atoms with Gasteiger partial charge in [-0.05, 0) is 49.1 Å². The first-order valence-corrected chi connectivity index (χ1v) is 7.94. The predicted molar refractivity (Wildman–Crippen MR) is 86.1 cm³/mol. The number of hydrogen-bond donors (Lipinski definition) is 1. The van der Waals surface area contributed by atoms with Crippen molar-refractivity contribution in [2.75, 3.05) is 13.7 Å². The molecular weight excluding hydrogens is 318 g/mol. The molecule has 1 aromatic rings. The first kappa shape index (κ1) is 17.2. The van der Waals surface area contributed by atoms with Gasteiger partial charge in [0, 0.05) is 17.3 Å². The predicted octanol–water partition coefficient (Wildman–Crippen LogP) is 3.72. The Balaban J connectivity index is 2.53. The Labute approximate surface area is 130 Å². The Hall–Kier alpha value is -0.870. The van der Waals surface area contributed by atoms with Gasteiger partial charge in [-0.3, -0.25) is 4.79 Å². The number of carbonyl (C=O) groups is 1. The fourth-order valence-electron chi connectivity index (χ4n) is 2.27. The van der Waals surface area contributed by atoms with Gasteiger partial charge in [-0.2, -0.15) is 0 Å². The van der Waals surface area contributed by atoms with Crippen LogP contribution in [-0.2, 0) is 11.2 Å². The molecule has 1 aromatic carbocycles. The zero-order chi connectivity index (χ0) is 15.0. The summed E-state index contributed by atoms with van der Waals surface area (Å²) in [7, 11) is 1.63. The molecule has 0 aliphatic rings. The number of ketones is 1. The van der Waals surface area contributed by atoms with E-state index in [1.807, 2.05) is 18.2 Å². The Morgan fingerprint density at radius 3 is 2.75 bits per heavy atom. The van der Waals surface area contributed by atoms with Gasteiger partial charge in [-0.25, -0.2) is 0 Å². The Kier molecular flexibility index (Phi) is 7.85. The molecule has 0 amide bonds. The molecular formula is C16H24BrNO2. The van der Waals surface area contributed by atoms with Crippen LogP contribution < -0.4 is 10.5 Å². The van der Waals surface area contributed by atoms with E-state index in [0.717, 1.165) is 35.0 Å². The first-order chi connectivity index (χ1) is 9.60. The van der Waals surface area contributed by atoms with Crippen molar-refractivity contribution in [1.82, 2.24) is 0 Å². The highest BCUT2D eigenvalue weighted by Crippen LogP contribution is 2.24. The van der Waals surface area contributed by atoms with E-state index in [0.29, 0.717) is 25.3 Å². The van der Waals surface area contributed by atoms with Gasteiger partial charge in [0.25, 0.3) is 0 Å². The molecule has 1 rings (SSSR count). The minimum atomic E-state index is 0.273. The summed E-state index contributed by atoms with van der Waals surface area (Å²) in [6.07, 6.45) is 4.12. The Morgan fingerprint density at radius 2 is 2.15 bits per heavy atom. The minimum Gasteiger partial charge on any atom is -0.497 e. The number of carbonyl (C=O) groups excluding carboxylic acids is 1. The lowest BCUT2D eigenvalue weighted by Gasteiger charge is -2.13. The lowest BCUT2D eigenvalue weighted by atomic mass is 9.94. The second-order valence-electron chi connectivity index (χ2n) is 5.06. The van der Waals surface area contributed by atoms with Crippen LogP contribution in [0.15, 0.2) is 22.7 Å². The molecule has 0 spiro atoms. The van der Waals surface area contributed by atoms with Crippen LogP contribution in [0.3, 0.4) is 0 Å². The molecule has 0 saturated carbocycles. The number of halogens is 1. The fourth-order valence-corrected chi connectivity index (χ4v) is 2.65. The van der Waals surface area contributed by atoms with Gasteiger partial charge >= 0.3 is 0 Å². The molecule has 0 radical (unpaired) electrons. The summed E-state index contributed by atoms with van der Waals surface area (Å²) in [5.41, 5.74) is 6.57. The molecule has 0 saturated heterocycles. The van der Waals surface area contributed by atoms with E-state index in [9.17, 15) is 4.79 Å². The fraction of sp³-hybridized carbons (Fsp3) is 0.562. The van der Waals surface area contributed by atoms with E-state index >= 15 is 0 Å². The number of benzene rings is 1. The van der Waals surface area contributed by atoms with E-state index in [-0.39, 0.29) is 5.78 Å². The van der Waals surface area contributed by atoms with Crippen molar-refractivity contribution in [2.45, 2.75) is 39.0 Å². The molecule has 0 aliphatic heterocycles. The van der Waals surface area contributed by atoms with E-state index in [2.05, 4.69) is 22.9 Å². The molecule has 0 fully saturated rings. The SMILES string of the molecule is CCC(CCN)CCC(=O)Cc1cc(OC)ccc1Br. The molecule has 4 heteroatoms. The van der Waals surface area contributed by atoms with E-state index in [4.69, 9.17) is 10.5 Å². The summed E-state index contributed by atoms with van der Waals surface area (Å²) >= 11 is 3.48. The quantitative estimate of drug-likeness (QED) is 0.744. The highest BCUT2D eigenvalue weighted by molar-refractivity contribution is 9.10. The summed E-state index contributed by atoms with van der Waals surface area (Å²) in [5, 5.41) is 0. The summed E-state index contributed by atoms with van der Waals surface area (Å²) in [6, 6.07) is 5.72. The largest absolute Gasteiger partial charge is 0.497 e. The maximum Gasteiger partial charge on any atom is 0.137 e. The summed E-state index contributed by atoms with van der Waals surface area (Å²) in [5.74, 6) is 1.62. The third-order valence-electron chi connectivity index (χ3n) is 3.62. The molecule has 0 aromatic heterocycles. The van der Waals surface area contributed by atoms with Crippen LogP contribution in [0.5, 0.6) is 5.75 Å².